The molecular weight excluding hydrogens is 534 g/mol. The number of methoxy groups -OCH3 is 1. The summed E-state index contributed by atoms with van der Waals surface area (Å²) in [4.78, 5) is 27.3. The lowest BCUT2D eigenvalue weighted by molar-refractivity contribution is -0.116. The highest BCUT2D eigenvalue weighted by molar-refractivity contribution is 9.10. The van der Waals surface area contributed by atoms with E-state index in [0.29, 0.717) is 22.2 Å². The van der Waals surface area contributed by atoms with E-state index in [-0.39, 0.29) is 31.0 Å². The predicted molar refractivity (Wildman–Crippen MR) is 143 cm³/mol. The molecule has 3 aromatic rings. The number of nitrogens with zero attached hydrogens (tertiary/aromatic N) is 3. The zero-order chi connectivity index (χ0) is 25.6. The molecule has 2 N–H and O–H groups in total. The smallest absolute Gasteiger partial charge is 0.322 e. The van der Waals surface area contributed by atoms with Gasteiger partial charge in [-0.15, -0.1) is 0 Å². The number of carbonyl (C=O) groups excluding carboxylic acids is 2. The van der Waals surface area contributed by atoms with E-state index in [0.717, 1.165) is 10.2 Å². The Kier molecular flexibility index (Phi) is 8.93. The number of urea groups is 1. The summed E-state index contributed by atoms with van der Waals surface area (Å²) < 4.78 is 7.64. The van der Waals surface area contributed by atoms with Crippen LogP contribution in [-0.2, 0) is 14.9 Å². The lowest BCUT2D eigenvalue weighted by Gasteiger charge is -2.22. The normalized spacial score (nSPS) is 11.3. The van der Waals surface area contributed by atoms with Crippen molar-refractivity contribution < 1.29 is 14.3 Å². The third kappa shape index (κ3) is 7.30. The summed E-state index contributed by atoms with van der Waals surface area (Å²) in [5.41, 5.74) is 1.80. The van der Waals surface area contributed by atoms with Crippen LogP contribution < -0.4 is 10.6 Å². The SMILES string of the molecule is COCCN(CC(=O)Nc1cc(C(C)(C)C)nn1-c1ccccc1Cl)C(=O)Nc1ccc(Br)cc1. The minimum atomic E-state index is -0.408. The van der Waals surface area contributed by atoms with Gasteiger partial charge in [0.15, 0.2) is 0 Å². The highest BCUT2D eigenvalue weighted by Crippen LogP contribution is 2.29. The van der Waals surface area contributed by atoms with Crippen LogP contribution in [-0.4, -0.2) is 53.4 Å². The Morgan fingerprint density at radius 2 is 1.80 bits per heavy atom. The molecule has 10 heteroatoms. The van der Waals surface area contributed by atoms with E-state index in [9.17, 15) is 9.59 Å². The van der Waals surface area contributed by atoms with Crippen LogP contribution in [0.5, 0.6) is 0 Å². The Labute approximate surface area is 218 Å². The molecule has 1 heterocycles. The first-order valence-electron chi connectivity index (χ1n) is 11.0. The summed E-state index contributed by atoms with van der Waals surface area (Å²) in [5, 5.41) is 10.9. The van der Waals surface area contributed by atoms with E-state index in [4.69, 9.17) is 21.4 Å². The molecule has 0 radical (unpaired) electrons. The number of hydrogen-bond donors (Lipinski definition) is 2. The van der Waals surface area contributed by atoms with E-state index in [2.05, 4.69) is 26.6 Å². The summed E-state index contributed by atoms with van der Waals surface area (Å²) in [6.45, 7) is 6.46. The van der Waals surface area contributed by atoms with Gasteiger partial charge in [0.1, 0.15) is 12.4 Å². The Morgan fingerprint density at radius 3 is 2.43 bits per heavy atom. The predicted octanol–water partition coefficient (Wildman–Crippen LogP) is 5.70. The molecule has 0 aliphatic carbocycles. The first-order valence-corrected chi connectivity index (χ1v) is 12.2. The molecule has 0 aliphatic rings. The fourth-order valence-corrected chi connectivity index (χ4v) is 3.67. The van der Waals surface area contributed by atoms with Gasteiger partial charge in [-0.2, -0.15) is 5.10 Å². The molecule has 0 atom stereocenters. The zero-order valence-corrected chi connectivity index (χ0v) is 22.5. The maximum Gasteiger partial charge on any atom is 0.322 e. The molecule has 186 valence electrons. The number of hydrogen-bond acceptors (Lipinski definition) is 4. The summed E-state index contributed by atoms with van der Waals surface area (Å²) in [6, 6.07) is 15.9. The summed E-state index contributed by atoms with van der Waals surface area (Å²) in [6.07, 6.45) is 0. The molecular formula is C25H29BrClN5O3. The largest absolute Gasteiger partial charge is 0.383 e. The number of benzene rings is 2. The summed E-state index contributed by atoms with van der Waals surface area (Å²) >= 11 is 9.78. The van der Waals surface area contributed by atoms with E-state index in [1.165, 1.54) is 4.90 Å². The van der Waals surface area contributed by atoms with Gasteiger partial charge in [0.05, 0.1) is 23.0 Å². The monoisotopic (exact) mass is 561 g/mol. The first-order chi connectivity index (χ1) is 16.6. The molecule has 0 saturated heterocycles. The number of anilines is 2. The number of ether oxygens (including phenoxy) is 1. The first kappa shape index (κ1) is 26.7. The van der Waals surface area contributed by atoms with Gasteiger partial charge >= 0.3 is 6.03 Å². The quantitative estimate of drug-likeness (QED) is 0.368. The van der Waals surface area contributed by atoms with Crippen molar-refractivity contribution >= 4 is 51.0 Å². The molecule has 8 nitrogen and oxygen atoms in total. The number of para-hydroxylation sites is 1. The van der Waals surface area contributed by atoms with Gasteiger partial charge in [-0.1, -0.05) is 60.4 Å². The minimum Gasteiger partial charge on any atom is -0.383 e. The molecule has 0 spiro atoms. The van der Waals surface area contributed by atoms with Gasteiger partial charge in [-0.05, 0) is 36.4 Å². The molecule has 0 unspecified atom stereocenters. The third-order valence-corrected chi connectivity index (χ3v) is 5.96. The molecule has 35 heavy (non-hydrogen) atoms. The zero-order valence-electron chi connectivity index (χ0n) is 20.1. The van der Waals surface area contributed by atoms with Crippen LogP contribution in [0.3, 0.4) is 0 Å². The molecule has 0 aliphatic heterocycles. The molecule has 0 saturated carbocycles. The second-order valence-electron chi connectivity index (χ2n) is 8.93. The van der Waals surface area contributed by atoms with Gasteiger partial charge in [0.25, 0.3) is 0 Å². The van der Waals surface area contributed by atoms with Crippen molar-refractivity contribution in [3.8, 4) is 5.69 Å². The van der Waals surface area contributed by atoms with Gasteiger partial charge < -0.3 is 20.3 Å². The average molecular weight is 563 g/mol. The van der Waals surface area contributed by atoms with Gasteiger partial charge in [-0.3, -0.25) is 4.79 Å². The number of halogens is 2. The fourth-order valence-electron chi connectivity index (χ4n) is 3.19. The van der Waals surface area contributed by atoms with Crippen LogP contribution in [0.4, 0.5) is 16.3 Å². The Morgan fingerprint density at radius 1 is 1.11 bits per heavy atom. The van der Waals surface area contributed by atoms with E-state index in [1.807, 2.05) is 57.2 Å². The van der Waals surface area contributed by atoms with Crippen LogP contribution in [0.15, 0.2) is 59.1 Å². The van der Waals surface area contributed by atoms with Crippen molar-refractivity contribution in [3.05, 3.63) is 69.8 Å². The van der Waals surface area contributed by atoms with Crippen LogP contribution >= 0.6 is 27.5 Å². The second-order valence-corrected chi connectivity index (χ2v) is 10.3. The Bertz CT molecular complexity index is 1170. The molecule has 1 aromatic heterocycles. The lowest BCUT2D eigenvalue weighted by Crippen LogP contribution is -2.42. The van der Waals surface area contributed by atoms with Crippen LogP contribution in [0.1, 0.15) is 26.5 Å². The van der Waals surface area contributed by atoms with Gasteiger partial charge in [0, 0.05) is 35.3 Å². The molecule has 0 bridgehead atoms. The number of rotatable bonds is 8. The maximum absolute atomic E-state index is 13.1. The Hall–Kier alpha value is -2.88. The number of carbonyl (C=O) groups is 2. The third-order valence-electron chi connectivity index (χ3n) is 5.11. The van der Waals surface area contributed by atoms with Crippen LogP contribution in [0.25, 0.3) is 5.69 Å². The minimum absolute atomic E-state index is 0.176. The Balaban J connectivity index is 1.81. The van der Waals surface area contributed by atoms with Crippen molar-refractivity contribution in [3.63, 3.8) is 0 Å². The van der Waals surface area contributed by atoms with E-state index < -0.39 is 6.03 Å². The lowest BCUT2D eigenvalue weighted by atomic mass is 9.92. The van der Waals surface area contributed by atoms with Crippen molar-refractivity contribution in [1.29, 1.82) is 0 Å². The van der Waals surface area contributed by atoms with Crippen LogP contribution in [0.2, 0.25) is 5.02 Å². The molecule has 3 rings (SSSR count). The summed E-state index contributed by atoms with van der Waals surface area (Å²) in [5.74, 6) is 0.0914. The molecule has 2 aromatic carbocycles. The van der Waals surface area contributed by atoms with Crippen molar-refractivity contribution in [2.24, 2.45) is 0 Å². The maximum atomic E-state index is 13.1. The van der Waals surface area contributed by atoms with Crippen molar-refractivity contribution in [2.75, 3.05) is 37.4 Å². The number of nitrogens with one attached hydrogen (secondary N) is 2. The van der Waals surface area contributed by atoms with Crippen molar-refractivity contribution in [1.82, 2.24) is 14.7 Å². The highest BCUT2D eigenvalue weighted by Gasteiger charge is 2.24. The fraction of sp³-hybridized carbons (Fsp3) is 0.320. The van der Waals surface area contributed by atoms with E-state index >= 15 is 0 Å². The van der Waals surface area contributed by atoms with Crippen molar-refractivity contribution in [2.45, 2.75) is 26.2 Å². The topological polar surface area (TPSA) is 88.5 Å². The summed E-state index contributed by atoms with van der Waals surface area (Å²) in [7, 11) is 1.54. The number of aromatic nitrogens is 2. The highest BCUT2D eigenvalue weighted by atomic mass is 79.9. The van der Waals surface area contributed by atoms with E-state index in [1.54, 1.807) is 30.0 Å². The van der Waals surface area contributed by atoms with Gasteiger partial charge in [0.2, 0.25) is 5.91 Å². The average Bonchev–Trinajstić information content (AvgIpc) is 3.22. The number of amides is 3. The second kappa shape index (κ2) is 11.7. The van der Waals surface area contributed by atoms with Gasteiger partial charge in [-0.25, -0.2) is 9.48 Å². The molecule has 0 fully saturated rings. The van der Waals surface area contributed by atoms with Crippen LogP contribution in [0, 0.1) is 0 Å². The molecule has 3 amide bonds. The standard InChI is InChI=1S/C25H29BrClN5O3/c1-25(2,3)21-15-22(32(30-21)20-8-6-5-7-19(20)27)29-23(33)16-31(13-14-35-4)24(34)28-18-11-9-17(26)10-12-18/h5-12,15H,13-14,16H2,1-4H3,(H,28,34)(H,29,33).